The number of ether oxygens (including phenoxy) is 1. The molecule has 172 valence electrons. The Balaban J connectivity index is 1.30. The lowest BCUT2D eigenvalue weighted by Gasteiger charge is -2.28. The molecule has 0 unspecified atom stereocenters. The second-order valence-electron chi connectivity index (χ2n) is 7.78. The van der Waals surface area contributed by atoms with E-state index >= 15 is 0 Å². The molecule has 0 saturated carbocycles. The monoisotopic (exact) mass is 457 g/mol. The maximum atomic E-state index is 13.2. The van der Waals surface area contributed by atoms with E-state index in [1.54, 1.807) is 18.3 Å². The van der Waals surface area contributed by atoms with E-state index in [1.165, 1.54) is 18.5 Å². The molecular weight excluding hydrogens is 433 g/mol. The molecule has 1 aliphatic rings. The predicted molar refractivity (Wildman–Crippen MR) is 130 cm³/mol. The highest BCUT2D eigenvalue weighted by atomic mass is 19.1. The summed E-state index contributed by atoms with van der Waals surface area (Å²) in [6.45, 7) is 3.79. The van der Waals surface area contributed by atoms with Gasteiger partial charge in [0.2, 0.25) is 5.95 Å². The van der Waals surface area contributed by atoms with Gasteiger partial charge in [-0.05, 0) is 54.1 Å². The van der Waals surface area contributed by atoms with Gasteiger partial charge < -0.3 is 20.3 Å². The Hall–Kier alpha value is -4.11. The molecule has 3 heterocycles. The van der Waals surface area contributed by atoms with Crippen LogP contribution in [0.1, 0.15) is 5.56 Å². The minimum Gasteiger partial charge on any atom is -0.378 e. The second kappa shape index (κ2) is 10.2. The van der Waals surface area contributed by atoms with Crippen molar-refractivity contribution < 1.29 is 9.13 Å². The third kappa shape index (κ3) is 5.26. The molecule has 0 bridgehead atoms. The van der Waals surface area contributed by atoms with E-state index in [0.29, 0.717) is 24.1 Å². The average Bonchev–Trinajstić information content (AvgIpc) is 2.90. The van der Waals surface area contributed by atoms with E-state index in [9.17, 15) is 4.39 Å². The summed E-state index contributed by atoms with van der Waals surface area (Å²) in [4.78, 5) is 19.9. The Morgan fingerprint density at radius 3 is 2.50 bits per heavy atom. The summed E-state index contributed by atoms with van der Waals surface area (Å²) in [5.74, 6) is 1.32. The quantitative estimate of drug-likeness (QED) is 0.426. The van der Waals surface area contributed by atoms with Gasteiger partial charge in [0.1, 0.15) is 18.0 Å². The molecule has 0 amide bonds. The number of pyridine rings is 1. The molecule has 8 nitrogen and oxygen atoms in total. The van der Waals surface area contributed by atoms with Gasteiger partial charge in [-0.15, -0.1) is 0 Å². The first kappa shape index (κ1) is 21.7. The molecular formula is C25H24FN7O. The largest absolute Gasteiger partial charge is 0.378 e. The van der Waals surface area contributed by atoms with Crippen LogP contribution in [0.25, 0.3) is 11.4 Å². The minimum absolute atomic E-state index is 0.261. The van der Waals surface area contributed by atoms with Crippen molar-refractivity contribution in [3.8, 4) is 11.4 Å². The maximum absolute atomic E-state index is 13.2. The van der Waals surface area contributed by atoms with Crippen molar-refractivity contribution in [2.45, 2.75) is 6.54 Å². The molecule has 5 rings (SSSR count). The molecule has 0 aliphatic carbocycles. The van der Waals surface area contributed by atoms with Gasteiger partial charge in [0.05, 0.1) is 18.8 Å². The van der Waals surface area contributed by atoms with Crippen LogP contribution in [0.2, 0.25) is 0 Å². The lowest BCUT2D eigenvalue weighted by molar-refractivity contribution is 0.122. The van der Waals surface area contributed by atoms with Crippen LogP contribution in [0.5, 0.6) is 0 Å². The van der Waals surface area contributed by atoms with E-state index in [-0.39, 0.29) is 5.82 Å². The molecule has 0 radical (unpaired) electrons. The van der Waals surface area contributed by atoms with Crippen molar-refractivity contribution in [2.24, 2.45) is 0 Å². The van der Waals surface area contributed by atoms with Crippen molar-refractivity contribution >= 4 is 23.1 Å². The standard InChI is InChI=1S/C25H24FN7O/c26-19-5-3-18(4-6-19)16-28-23-22(2-1-11-27-23)24-29-17-30-25(32-24)31-20-7-9-21(10-8-20)33-12-14-34-15-13-33/h1-11,17H,12-16H2,(H,27,28)(H,29,30,31,32). The van der Waals surface area contributed by atoms with Crippen LogP contribution in [-0.4, -0.2) is 46.2 Å². The first-order chi connectivity index (χ1) is 16.7. The fourth-order valence-electron chi connectivity index (χ4n) is 3.71. The molecule has 2 N–H and O–H groups in total. The van der Waals surface area contributed by atoms with Gasteiger partial charge >= 0.3 is 0 Å². The van der Waals surface area contributed by atoms with E-state index in [2.05, 4.69) is 47.6 Å². The molecule has 9 heteroatoms. The molecule has 34 heavy (non-hydrogen) atoms. The van der Waals surface area contributed by atoms with Crippen LogP contribution >= 0.6 is 0 Å². The molecule has 4 aromatic rings. The Kier molecular flexibility index (Phi) is 6.53. The fourth-order valence-corrected chi connectivity index (χ4v) is 3.71. The zero-order chi connectivity index (χ0) is 23.2. The van der Waals surface area contributed by atoms with Crippen LogP contribution in [0.4, 0.5) is 27.5 Å². The summed E-state index contributed by atoms with van der Waals surface area (Å²) in [6.07, 6.45) is 3.18. The number of morpholine rings is 1. The molecule has 2 aromatic heterocycles. The number of halogens is 1. The Morgan fingerprint density at radius 1 is 0.912 bits per heavy atom. The summed E-state index contributed by atoms with van der Waals surface area (Å²) in [5.41, 5.74) is 3.74. The Labute approximate surface area is 196 Å². The summed E-state index contributed by atoms with van der Waals surface area (Å²) >= 11 is 0. The van der Waals surface area contributed by atoms with Gasteiger partial charge in [0.25, 0.3) is 0 Å². The van der Waals surface area contributed by atoms with Crippen molar-refractivity contribution in [2.75, 3.05) is 41.8 Å². The average molecular weight is 458 g/mol. The van der Waals surface area contributed by atoms with Crippen molar-refractivity contribution in [1.29, 1.82) is 0 Å². The van der Waals surface area contributed by atoms with Crippen molar-refractivity contribution in [3.63, 3.8) is 0 Å². The zero-order valence-corrected chi connectivity index (χ0v) is 18.5. The summed E-state index contributed by atoms with van der Waals surface area (Å²) in [6, 6.07) is 18.3. The number of hydrogen-bond acceptors (Lipinski definition) is 8. The van der Waals surface area contributed by atoms with Crippen molar-refractivity contribution in [3.05, 3.63) is 84.6 Å². The Morgan fingerprint density at radius 2 is 1.71 bits per heavy atom. The van der Waals surface area contributed by atoms with Gasteiger partial charge in [-0.3, -0.25) is 0 Å². The molecule has 1 fully saturated rings. The summed E-state index contributed by atoms with van der Waals surface area (Å²) in [7, 11) is 0. The summed E-state index contributed by atoms with van der Waals surface area (Å²) in [5, 5.41) is 6.53. The van der Waals surface area contributed by atoms with Crippen LogP contribution < -0.4 is 15.5 Å². The number of rotatable bonds is 7. The number of aromatic nitrogens is 4. The highest BCUT2D eigenvalue weighted by Crippen LogP contribution is 2.25. The maximum Gasteiger partial charge on any atom is 0.230 e. The third-order valence-electron chi connectivity index (χ3n) is 5.49. The number of nitrogens with zero attached hydrogens (tertiary/aromatic N) is 5. The van der Waals surface area contributed by atoms with Crippen molar-refractivity contribution in [1.82, 2.24) is 19.9 Å². The number of benzene rings is 2. The lowest BCUT2D eigenvalue weighted by Crippen LogP contribution is -2.36. The van der Waals surface area contributed by atoms with Gasteiger partial charge in [-0.1, -0.05) is 12.1 Å². The topological polar surface area (TPSA) is 88.1 Å². The molecule has 2 aromatic carbocycles. The molecule has 0 spiro atoms. The summed E-state index contributed by atoms with van der Waals surface area (Å²) < 4.78 is 18.6. The van der Waals surface area contributed by atoms with E-state index < -0.39 is 0 Å². The number of hydrogen-bond donors (Lipinski definition) is 2. The van der Waals surface area contributed by atoms with Crippen LogP contribution in [0.3, 0.4) is 0 Å². The van der Waals surface area contributed by atoms with Gasteiger partial charge in [-0.2, -0.15) is 4.98 Å². The van der Waals surface area contributed by atoms with E-state index in [1.807, 2.05) is 24.3 Å². The third-order valence-corrected chi connectivity index (χ3v) is 5.49. The molecule has 1 saturated heterocycles. The van der Waals surface area contributed by atoms with Crippen LogP contribution in [0, 0.1) is 5.82 Å². The van der Waals surface area contributed by atoms with Crippen LogP contribution in [0.15, 0.2) is 73.2 Å². The minimum atomic E-state index is -0.261. The highest BCUT2D eigenvalue weighted by molar-refractivity contribution is 5.70. The normalized spacial score (nSPS) is 13.5. The lowest BCUT2D eigenvalue weighted by atomic mass is 10.2. The predicted octanol–water partition coefficient (Wildman–Crippen LogP) is 4.27. The van der Waals surface area contributed by atoms with Gasteiger partial charge in [-0.25, -0.2) is 19.3 Å². The Bertz CT molecular complexity index is 1230. The van der Waals surface area contributed by atoms with Crippen LogP contribution in [-0.2, 0) is 11.3 Å². The first-order valence-electron chi connectivity index (χ1n) is 11.1. The zero-order valence-electron chi connectivity index (χ0n) is 18.5. The number of anilines is 4. The van der Waals surface area contributed by atoms with Gasteiger partial charge in [0.15, 0.2) is 5.82 Å². The smallest absolute Gasteiger partial charge is 0.230 e. The van der Waals surface area contributed by atoms with E-state index in [4.69, 9.17) is 4.74 Å². The number of nitrogens with one attached hydrogen (secondary N) is 2. The second-order valence-corrected chi connectivity index (χ2v) is 7.78. The highest BCUT2D eigenvalue weighted by Gasteiger charge is 2.12. The van der Waals surface area contributed by atoms with E-state index in [0.717, 1.165) is 48.8 Å². The van der Waals surface area contributed by atoms with Gasteiger partial charge in [0, 0.05) is 37.2 Å². The fraction of sp³-hybridized carbons (Fsp3) is 0.200. The molecule has 1 aliphatic heterocycles. The SMILES string of the molecule is Fc1ccc(CNc2ncccc2-c2ncnc(Nc3ccc(N4CCOCC4)cc3)n2)cc1. The first-order valence-corrected chi connectivity index (χ1v) is 11.1. The molecule has 0 atom stereocenters.